The summed E-state index contributed by atoms with van der Waals surface area (Å²) in [5, 5.41) is 0. The average molecular weight is 237 g/mol. The molecule has 2 unspecified atom stereocenters. The van der Waals surface area contributed by atoms with Crippen molar-refractivity contribution in [3.8, 4) is 11.5 Å². The summed E-state index contributed by atoms with van der Waals surface area (Å²) in [5.41, 5.74) is 5.11. The number of hydrogen-bond acceptors (Lipinski definition) is 3. The highest BCUT2D eigenvalue weighted by molar-refractivity contribution is 5.78. The quantitative estimate of drug-likeness (QED) is 0.824. The summed E-state index contributed by atoms with van der Waals surface area (Å²) in [4.78, 5) is 10.8. The van der Waals surface area contributed by atoms with Gasteiger partial charge in [-0.25, -0.2) is 0 Å². The van der Waals surface area contributed by atoms with Crippen LogP contribution >= 0.6 is 0 Å². The largest absolute Gasteiger partial charge is 0.491 e. The third-order valence-electron chi connectivity index (χ3n) is 2.45. The van der Waals surface area contributed by atoms with Crippen LogP contribution in [0.3, 0.4) is 0 Å². The molecular weight excluding hydrogens is 218 g/mol. The lowest BCUT2D eigenvalue weighted by Crippen LogP contribution is -2.30. The number of benzene rings is 1. The van der Waals surface area contributed by atoms with Gasteiger partial charge in [0, 0.05) is 0 Å². The maximum atomic E-state index is 10.8. The molecule has 0 aliphatic carbocycles. The first-order chi connectivity index (χ1) is 8.02. The van der Waals surface area contributed by atoms with Crippen molar-refractivity contribution in [1.82, 2.24) is 0 Å². The molecule has 0 saturated heterocycles. The zero-order valence-corrected chi connectivity index (χ0v) is 10.5. The second kappa shape index (κ2) is 6.13. The van der Waals surface area contributed by atoms with Crippen LogP contribution in [0.1, 0.15) is 27.2 Å². The van der Waals surface area contributed by atoms with Crippen molar-refractivity contribution in [2.24, 2.45) is 5.73 Å². The van der Waals surface area contributed by atoms with E-state index in [1.807, 2.05) is 19.1 Å². The Hall–Kier alpha value is -1.71. The minimum absolute atomic E-state index is 0.186. The van der Waals surface area contributed by atoms with Crippen LogP contribution in [0.25, 0.3) is 0 Å². The summed E-state index contributed by atoms with van der Waals surface area (Å²) in [7, 11) is 0. The van der Waals surface area contributed by atoms with E-state index in [0.29, 0.717) is 5.75 Å². The van der Waals surface area contributed by atoms with Crippen molar-refractivity contribution >= 4 is 5.91 Å². The fourth-order valence-electron chi connectivity index (χ4n) is 1.17. The van der Waals surface area contributed by atoms with Crippen LogP contribution in [0, 0.1) is 0 Å². The van der Waals surface area contributed by atoms with E-state index in [0.717, 1.165) is 12.2 Å². The van der Waals surface area contributed by atoms with Gasteiger partial charge in [0.1, 0.15) is 11.5 Å². The van der Waals surface area contributed by atoms with Gasteiger partial charge in [0.25, 0.3) is 5.91 Å². The molecular formula is C13H19NO3. The number of hydrogen-bond donors (Lipinski definition) is 1. The van der Waals surface area contributed by atoms with Gasteiger partial charge in [0.15, 0.2) is 6.10 Å². The number of nitrogens with two attached hydrogens (primary N) is 1. The van der Waals surface area contributed by atoms with Crippen LogP contribution < -0.4 is 15.2 Å². The lowest BCUT2D eigenvalue weighted by molar-refractivity contribution is -0.123. The van der Waals surface area contributed by atoms with Crippen LogP contribution in [0.4, 0.5) is 0 Å². The number of carbonyl (C=O) groups is 1. The van der Waals surface area contributed by atoms with E-state index >= 15 is 0 Å². The fourth-order valence-corrected chi connectivity index (χ4v) is 1.17. The predicted octanol–water partition coefficient (Wildman–Crippen LogP) is 2.12. The van der Waals surface area contributed by atoms with Gasteiger partial charge < -0.3 is 15.2 Å². The van der Waals surface area contributed by atoms with Crippen molar-refractivity contribution in [3.63, 3.8) is 0 Å². The molecule has 0 aromatic heterocycles. The Kier molecular flexibility index (Phi) is 4.82. The van der Waals surface area contributed by atoms with E-state index in [9.17, 15) is 4.79 Å². The van der Waals surface area contributed by atoms with E-state index in [4.69, 9.17) is 15.2 Å². The number of rotatable bonds is 6. The zero-order valence-electron chi connectivity index (χ0n) is 10.5. The predicted molar refractivity (Wildman–Crippen MR) is 66.1 cm³/mol. The number of carbonyl (C=O) groups excluding carboxylic acids is 1. The van der Waals surface area contributed by atoms with E-state index in [-0.39, 0.29) is 6.10 Å². The Morgan fingerprint density at radius 1 is 1.18 bits per heavy atom. The molecule has 0 spiro atoms. The first-order valence-corrected chi connectivity index (χ1v) is 5.75. The lowest BCUT2D eigenvalue weighted by Gasteiger charge is -2.14. The second-order valence-corrected chi connectivity index (χ2v) is 3.97. The molecule has 0 saturated carbocycles. The molecule has 1 rings (SSSR count). The summed E-state index contributed by atoms with van der Waals surface area (Å²) >= 11 is 0. The second-order valence-electron chi connectivity index (χ2n) is 3.97. The average Bonchev–Trinajstić information content (AvgIpc) is 2.31. The molecule has 1 amide bonds. The number of ether oxygens (including phenoxy) is 2. The summed E-state index contributed by atoms with van der Waals surface area (Å²) in [6.45, 7) is 5.70. The Morgan fingerprint density at radius 3 is 2.06 bits per heavy atom. The molecule has 1 aromatic carbocycles. The molecule has 0 bridgehead atoms. The molecule has 4 heteroatoms. The molecule has 1 aromatic rings. The van der Waals surface area contributed by atoms with Crippen molar-refractivity contribution in [1.29, 1.82) is 0 Å². The first-order valence-electron chi connectivity index (χ1n) is 5.75. The zero-order chi connectivity index (χ0) is 12.8. The van der Waals surface area contributed by atoms with Crippen molar-refractivity contribution in [2.75, 3.05) is 0 Å². The molecule has 0 aliphatic heterocycles. The van der Waals surface area contributed by atoms with Crippen LogP contribution in [0.5, 0.6) is 11.5 Å². The monoisotopic (exact) mass is 237 g/mol. The first kappa shape index (κ1) is 13.4. The van der Waals surface area contributed by atoms with E-state index in [1.165, 1.54) is 0 Å². The molecule has 2 atom stereocenters. The summed E-state index contributed by atoms with van der Waals surface area (Å²) in [6, 6.07) is 7.15. The van der Waals surface area contributed by atoms with Crippen molar-refractivity contribution in [2.45, 2.75) is 39.4 Å². The third kappa shape index (κ3) is 4.34. The van der Waals surface area contributed by atoms with Gasteiger partial charge in [-0.15, -0.1) is 0 Å². The molecule has 2 N–H and O–H groups in total. The van der Waals surface area contributed by atoms with Crippen LogP contribution in [-0.4, -0.2) is 18.1 Å². The smallest absolute Gasteiger partial charge is 0.258 e. The Labute approximate surface area is 102 Å². The minimum atomic E-state index is -0.628. The third-order valence-corrected chi connectivity index (χ3v) is 2.45. The minimum Gasteiger partial charge on any atom is -0.491 e. The Balaban J connectivity index is 2.58. The summed E-state index contributed by atoms with van der Waals surface area (Å²) in [6.07, 6.45) is 0.513. The fraction of sp³-hybridized carbons (Fsp3) is 0.462. The maximum absolute atomic E-state index is 10.8. The van der Waals surface area contributed by atoms with Gasteiger partial charge >= 0.3 is 0 Å². The van der Waals surface area contributed by atoms with E-state index in [1.54, 1.807) is 19.1 Å². The topological polar surface area (TPSA) is 61.6 Å². The van der Waals surface area contributed by atoms with Crippen molar-refractivity contribution in [3.05, 3.63) is 24.3 Å². The van der Waals surface area contributed by atoms with Gasteiger partial charge in [-0.3, -0.25) is 4.79 Å². The van der Waals surface area contributed by atoms with Gasteiger partial charge in [0.05, 0.1) is 6.10 Å². The van der Waals surface area contributed by atoms with Crippen LogP contribution in [0.15, 0.2) is 24.3 Å². The van der Waals surface area contributed by atoms with Crippen LogP contribution in [-0.2, 0) is 4.79 Å². The maximum Gasteiger partial charge on any atom is 0.258 e. The molecule has 17 heavy (non-hydrogen) atoms. The standard InChI is InChI=1S/C13H19NO3/c1-4-9(2)16-11-5-7-12(8-6-11)17-10(3)13(14)15/h5-10H,4H2,1-3H3,(H2,14,15). The molecule has 0 radical (unpaired) electrons. The van der Waals surface area contributed by atoms with E-state index < -0.39 is 12.0 Å². The molecule has 0 aliphatic rings. The highest BCUT2D eigenvalue weighted by atomic mass is 16.5. The lowest BCUT2D eigenvalue weighted by atomic mass is 10.3. The highest BCUT2D eigenvalue weighted by Gasteiger charge is 2.10. The van der Waals surface area contributed by atoms with Crippen molar-refractivity contribution < 1.29 is 14.3 Å². The number of amides is 1. The molecule has 4 nitrogen and oxygen atoms in total. The summed E-state index contributed by atoms with van der Waals surface area (Å²) < 4.78 is 11.0. The van der Waals surface area contributed by atoms with E-state index in [2.05, 4.69) is 6.92 Å². The molecule has 94 valence electrons. The molecule has 0 heterocycles. The SMILES string of the molecule is CCC(C)Oc1ccc(OC(C)C(N)=O)cc1. The van der Waals surface area contributed by atoms with Gasteiger partial charge in [0.2, 0.25) is 0 Å². The van der Waals surface area contributed by atoms with Gasteiger partial charge in [-0.1, -0.05) is 6.92 Å². The Bertz CT molecular complexity index is 361. The van der Waals surface area contributed by atoms with Gasteiger partial charge in [-0.2, -0.15) is 0 Å². The van der Waals surface area contributed by atoms with Gasteiger partial charge in [-0.05, 0) is 44.5 Å². The number of primary amides is 1. The highest BCUT2D eigenvalue weighted by Crippen LogP contribution is 2.19. The van der Waals surface area contributed by atoms with Crippen LogP contribution in [0.2, 0.25) is 0 Å². The molecule has 0 fully saturated rings. The Morgan fingerprint density at radius 2 is 1.65 bits per heavy atom. The normalized spacial score (nSPS) is 13.8. The summed E-state index contributed by atoms with van der Waals surface area (Å²) in [5.74, 6) is 0.913.